The molecule has 0 saturated carbocycles. The quantitative estimate of drug-likeness (QED) is 0.530. The second kappa shape index (κ2) is 6.86. The second-order valence-corrected chi connectivity index (χ2v) is 5.84. The molecule has 0 spiro atoms. The molecule has 0 N–H and O–H groups in total. The molecule has 0 fully saturated rings. The van der Waals surface area contributed by atoms with Crippen LogP contribution in [0.4, 0.5) is 0 Å². The lowest BCUT2D eigenvalue weighted by Gasteiger charge is -2.08. The smallest absolute Gasteiger partial charge is 0.185 e. The summed E-state index contributed by atoms with van der Waals surface area (Å²) in [5.41, 5.74) is 1.50. The van der Waals surface area contributed by atoms with Gasteiger partial charge in [-0.05, 0) is 40.2 Å². The molecule has 0 radical (unpaired) electrons. The SMILES string of the molecule is COc1c(Br)cc(Br)cc1C=CC(=O)c1ccccc1. The summed E-state index contributed by atoms with van der Waals surface area (Å²) >= 11 is 6.86. The number of methoxy groups -OCH3 is 1. The van der Waals surface area contributed by atoms with Crippen LogP contribution in [0.2, 0.25) is 0 Å². The number of rotatable bonds is 4. The highest BCUT2D eigenvalue weighted by Gasteiger charge is 2.07. The molecule has 0 amide bonds. The van der Waals surface area contributed by atoms with Crippen LogP contribution in [0.5, 0.6) is 5.75 Å². The van der Waals surface area contributed by atoms with Gasteiger partial charge in [-0.2, -0.15) is 0 Å². The molecule has 20 heavy (non-hydrogen) atoms. The number of carbonyl (C=O) groups is 1. The number of benzene rings is 2. The van der Waals surface area contributed by atoms with Crippen molar-refractivity contribution in [3.8, 4) is 5.75 Å². The number of carbonyl (C=O) groups excluding carboxylic acids is 1. The Morgan fingerprint density at radius 3 is 2.50 bits per heavy atom. The molecule has 0 aliphatic carbocycles. The van der Waals surface area contributed by atoms with Gasteiger partial charge in [0.25, 0.3) is 0 Å². The van der Waals surface area contributed by atoms with Crippen molar-refractivity contribution in [2.45, 2.75) is 0 Å². The monoisotopic (exact) mass is 394 g/mol. The van der Waals surface area contributed by atoms with Gasteiger partial charge >= 0.3 is 0 Å². The molecule has 102 valence electrons. The van der Waals surface area contributed by atoms with E-state index in [1.165, 1.54) is 0 Å². The van der Waals surface area contributed by atoms with Crippen molar-refractivity contribution in [3.63, 3.8) is 0 Å². The fourth-order valence-corrected chi connectivity index (χ4v) is 3.20. The summed E-state index contributed by atoms with van der Waals surface area (Å²) < 4.78 is 7.09. The van der Waals surface area contributed by atoms with Gasteiger partial charge in [0, 0.05) is 15.6 Å². The molecule has 0 unspecified atom stereocenters. The van der Waals surface area contributed by atoms with Crippen molar-refractivity contribution in [1.82, 2.24) is 0 Å². The van der Waals surface area contributed by atoms with Crippen LogP contribution in [-0.2, 0) is 0 Å². The van der Waals surface area contributed by atoms with Gasteiger partial charge in [-0.15, -0.1) is 0 Å². The zero-order chi connectivity index (χ0) is 14.5. The van der Waals surface area contributed by atoms with Crippen LogP contribution >= 0.6 is 31.9 Å². The Balaban J connectivity index is 2.30. The van der Waals surface area contributed by atoms with E-state index in [-0.39, 0.29) is 5.78 Å². The fourth-order valence-electron chi connectivity index (χ4n) is 1.78. The summed E-state index contributed by atoms with van der Waals surface area (Å²) in [4.78, 5) is 12.0. The Hall–Kier alpha value is -1.39. The van der Waals surface area contributed by atoms with Crippen molar-refractivity contribution >= 4 is 43.7 Å². The van der Waals surface area contributed by atoms with Crippen molar-refractivity contribution in [2.24, 2.45) is 0 Å². The first-order valence-corrected chi connectivity index (χ1v) is 7.51. The lowest BCUT2D eigenvalue weighted by Crippen LogP contribution is -1.94. The molecule has 4 heteroatoms. The fraction of sp³-hybridized carbons (Fsp3) is 0.0625. The number of hydrogen-bond acceptors (Lipinski definition) is 2. The molecule has 0 aromatic heterocycles. The third-order valence-electron chi connectivity index (χ3n) is 2.71. The number of halogens is 2. The first kappa shape index (κ1) is 15.0. The van der Waals surface area contributed by atoms with Gasteiger partial charge in [-0.3, -0.25) is 4.79 Å². The molecular formula is C16H12Br2O2. The molecule has 2 aromatic carbocycles. The van der Waals surface area contributed by atoms with E-state index in [0.29, 0.717) is 11.3 Å². The summed E-state index contributed by atoms with van der Waals surface area (Å²) in [5, 5.41) is 0. The number of allylic oxidation sites excluding steroid dienone is 1. The van der Waals surface area contributed by atoms with Gasteiger partial charge < -0.3 is 4.74 Å². The molecule has 0 aliphatic heterocycles. The molecular weight excluding hydrogens is 384 g/mol. The van der Waals surface area contributed by atoms with E-state index in [1.807, 2.05) is 30.3 Å². The minimum absolute atomic E-state index is 0.0382. The van der Waals surface area contributed by atoms with Crippen LogP contribution < -0.4 is 4.74 Å². The van der Waals surface area contributed by atoms with Gasteiger partial charge in [0.2, 0.25) is 0 Å². The maximum absolute atomic E-state index is 12.0. The lowest BCUT2D eigenvalue weighted by atomic mass is 10.1. The largest absolute Gasteiger partial charge is 0.495 e. The molecule has 2 rings (SSSR count). The molecule has 0 bridgehead atoms. The van der Waals surface area contributed by atoms with E-state index in [0.717, 1.165) is 14.5 Å². The average molecular weight is 396 g/mol. The molecule has 0 aliphatic rings. The van der Waals surface area contributed by atoms with E-state index in [9.17, 15) is 4.79 Å². The Morgan fingerprint density at radius 2 is 1.85 bits per heavy atom. The zero-order valence-corrected chi connectivity index (χ0v) is 13.9. The number of ketones is 1. The molecule has 2 nitrogen and oxygen atoms in total. The zero-order valence-electron chi connectivity index (χ0n) is 10.8. The Labute approximate surface area is 134 Å². The summed E-state index contributed by atoms with van der Waals surface area (Å²) in [5.74, 6) is 0.661. The van der Waals surface area contributed by atoms with Gasteiger partial charge in [0.15, 0.2) is 5.78 Å². The predicted molar refractivity (Wildman–Crippen MR) is 88.2 cm³/mol. The average Bonchev–Trinajstić information content (AvgIpc) is 2.45. The molecule has 0 heterocycles. The minimum Gasteiger partial charge on any atom is -0.495 e. The predicted octanol–water partition coefficient (Wildman–Crippen LogP) is 5.12. The van der Waals surface area contributed by atoms with Crippen LogP contribution in [0.25, 0.3) is 6.08 Å². The summed E-state index contributed by atoms with van der Waals surface area (Å²) in [6.45, 7) is 0. The van der Waals surface area contributed by atoms with Crippen molar-refractivity contribution in [3.05, 3.63) is 68.6 Å². The molecule has 0 saturated heterocycles. The van der Waals surface area contributed by atoms with E-state index in [4.69, 9.17) is 4.74 Å². The van der Waals surface area contributed by atoms with E-state index in [2.05, 4.69) is 31.9 Å². The lowest BCUT2D eigenvalue weighted by molar-refractivity contribution is 0.104. The normalized spacial score (nSPS) is 10.8. The van der Waals surface area contributed by atoms with Crippen molar-refractivity contribution in [2.75, 3.05) is 7.11 Å². The highest BCUT2D eigenvalue weighted by atomic mass is 79.9. The van der Waals surface area contributed by atoms with Crippen LogP contribution in [-0.4, -0.2) is 12.9 Å². The van der Waals surface area contributed by atoms with Crippen molar-refractivity contribution in [1.29, 1.82) is 0 Å². The minimum atomic E-state index is -0.0382. The van der Waals surface area contributed by atoms with Crippen LogP contribution in [0.3, 0.4) is 0 Å². The third-order valence-corrected chi connectivity index (χ3v) is 3.76. The Morgan fingerprint density at radius 1 is 1.15 bits per heavy atom. The topological polar surface area (TPSA) is 26.3 Å². The van der Waals surface area contributed by atoms with E-state index >= 15 is 0 Å². The maximum Gasteiger partial charge on any atom is 0.185 e. The van der Waals surface area contributed by atoms with E-state index < -0.39 is 0 Å². The van der Waals surface area contributed by atoms with Crippen LogP contribution in [0.15, 0.2) is 57.5 Å². The standard InChI is InChI=1S/C16H12Br2O2/c1-20-16-12(9-13(17)10-14(16)18)7-8-15(19)11-5-3-2-4-6-11/h2-10H,1H3. The first-order chi connectivity index (χ1) is 9.61. The maximum atomic E-state index is 12.0. The van der Waals surface area contributed by atoms with Gasteiger partial charge in [-0.1, -0.05) is 46.3 Å². The molecule has 0 atom stereocenters. The number of ether oxygens (including phenoxy) is 1. The Kier molecular flexibility index (Phi) is 5.15. The van der Waals surface area contributed by atoms with Crippen LogP contribution in [0.1, 0.15) is 15.9 Å². The summed E-state index contributed by atoms with van der Waals surface area (Å²) in [6, 6.07) is 13.0. The van der Waals surface area contributed by atoms with Gasteiger partial charge in [-0.25, -0.2) is 0 Å². The van der Waals surface area contributed by atoms with Gasteiger partial charge in [0.1, 0.15) is 5.75 Å². The molecule has 2 aromatic rings. The summed E-state index contributed by atoms with van der Waals surface area (Å²) in [7, 11) is 1.60. The van der Waals surface area contributed by atoms with Crippen molar-refractivity contribution < 1.29 is 9.53 Å². The second-order valence-electron chi connectivity index (χ2n) is 4.07. The first-order valence-electron chi connectivity index (χ1n) is 5.92. The highest BCUT2D eigenvalue weighted by Crippen LogP contribution is 2.33. The third kappa shape index (κ3) is 3.58. The van der Waals surface area contributed by atoms with E-state index in [1.54, 1.807) is 31.4 Å². The highest BCUT2D eigenvalue weighted by molar-refractivity contribution is 9.11. The van der Waals surface area contributed by atoms with Crippen LogP contribution in [0, 0.1) is 0 Å². The van der Waals surface area contributed by atoms with Gasteiger partial charge in [0.05, 0.1) is 11.6 Å². The number of hydrogen-bond donors (Lipinski definition) is 0. The summed E-state index contributed by atoms with van der Waals surface area (Å²) in [6.07, 6.45) is 3.30. The Bertz CT molecular complexity index is 649.